The maximum atomic E-state index is 10.0. The number of amidine groups is 1. The van der Waals surface area contributed by atoms with E-state index in [9.17, 15) is 10.5 Å². The average Bonchev–Trinajstić information content (AvgIpc) is 2.93. The maximum absolute atomic E-state index is 10.0. The van der Waals surface area contributed by atoms with Gasteiger partial charge in [0.05, 0.1) is 24.8 Å². The van der Waals surface area contributed by atoms with Crippen molar-refractivity contribution in [3.63, 3.8) is 0 Å². The first kappa shape index (κ1) is 14.6. The zero-order chi connectivity index (χ0) is 16.5. The summed E-state index contributed by atoms with van der Waals surface area (Å²) in [5.41, 5.74) is 4.65. The van der Waals surface area contributed by atoms with Crippen LogP contribution in [-0.2, 0) is 9.47 Å². The SMILES string of the molecule is C[C@@H]1CO[C@@]2([NH+]=C(N)[C@@]3(C#N)[C@@H](c4cccc(Br)c4)[C@@]23C#N)O1. The van der Waals surface area contributed by atoms with Gasteiger partial charge < -0.3 is 9.47 Å². The molecule has 6 nitrogen and oxygen atoms in total. The van der Waals surface area contributed by atoms with Crippen LogP contribution in [0.25, 0.3) is 0 Å². The van der Waals surface area contributed by atoms with Crippen LogP contribution in [0.2, 0.25) is 0 Å². The van der Waals surface area contributed by atoms with Gasteiger partial charge in [-0.15, -0.1) is 0 Å². The third-order valence-electron chi connectivity index (χ3n) is 5.07. The molecule has 116 valence electrons. The summed E-state index contributed by atoms with van der Waals surface area (Å²) in [6.45, 7) is 2.21. The second-order valence-corrected chi connectivity index (χ2v) is 7.14. The Morgan fingerprint density at radius 3 is 2.74 bits per heavy atom. The zero-order valence-electron chi connectivity index (χ0n) is 12.3. The van der Waals surface area contributed by atoms with Crippen LogP contribution in [0.5, 0.6) is 0 Å². The van der Waals surface area contributed by atoms with Gasteiger partial charge in [-0.25, -0.2) is 4.99 Å². The Bertz CT molecular complexity index is 828. The molecule has 2 heterocycles. The van der Waals surface area contributed by atoms with Crippen LogP contribution in [0.1, 0.15) is 18.4 Å². The van der Waals surface area contributed by atoms with Crippen molar-refractivity contribution in [1.82, 2.24) is 0 Å². The van der Waals surface area contributed by atoms with E-state index in [1.54, 1.807) is 0 Å². The number of rotatable bonds is 1. The third-order valence-corrected chi connectivity index (χ3v) is 5.56. The molecule has 7 heteroatoms. The quantitative estimate of drug-likeness (QED) is 0.726. The highest BCUT2D eigenvalue weighted by molar-refractivity contribution is 9.10. The second-order valence-electron chi connectivity index (χ2n) is 6.22. The Labute approximate surface area is 141 Å². The van der Waals surface area contributed by atoms with E-state index < -0.39 is 22.7 Å². The number of nitrogens with one attached hydrogen (secondary N) is 1. The fourth-order valence-corrected chi connectivity index (χ4v) is 4.57. The molecule has 0 amide bonds. The van der Waals surface area contributed by atoms with Crippen molar-refractivity contribution in [2.45, 2.75) is 24.9 Å². The molecule has 1 saturated carbocycles. The summed E-state index contributed by atoms with van der Waals surface area (Å²) >= 11 is 3.43. The maximum Gasteiger partial charge on any atom is 0.343 e. The highest BCUT2D eigenvalue weighted by Crippen LogP contribution is 2.79. The lowest BCUT2D eigenvalue weighted by Crippen LogP contribution is -2.90. The van der Waals surface area contributed by atoms with Crippen LogP contribution in [0, 0.1) is 33.5 Å². The highest BCUT2D eigenvalue weighted by Gasteiger charge is 2.97. The fourth-order valence-electron chi connectivity index (χ4n) is 4.15. The number of benzene rings is 1. The molecule has 0 aromatic heterocycles. The molecule has 2 aliphatic heterocycles. The van der Waals surface area contributed by atoms with Crippen LogP contribution in [0.15, 0.2) is 28.7 Å². The van der Waals surface area contributed by atoms with Gasteiger partial charge in [0, 0.05) is 10.4 Å². The zero-order valence-corrected chi connectivity index (χ0v) is 13.9. The number of hydrogen-bond donors (Lipinski definition) is 2. The summed E-state index contributed by atoms with van der Waals surface area (Å²) in [5, 5.41) is 19.9. The van der Waals surface area contributed by atoms with Crippen LogP contribution in [0.3, 0.4) is 0 Å². The molecule has 0 unspecified atom stereocenters. The van der Waals surface area contributed by atoms with Gasteiger partial charge in [0.2, 0.25) is 0 Å². The summed E-state index contributed by atoms with van der Waals surface area (Å²) in [7, 11) is 0. The van der Waals surface area contributed by atoms with Gasteiger partial charge in [-0.1, -0.05) is 28.1 Å². The highest BCUT2D eigenvalue weighted by atomic mass is 79.9. The molecular formula is C16H14BrN4O2+. The lowest BCUT2D eigenvalue weighted by molar-refractivity contribution is -0.677. The van der Waals surface area contributed by atoms with E-state index in [0.717, 1.165) is 10.0 Å². The summed E-state index contributed by atoms with van der Waals surface area (Å²) in [5.74, 6) is -1.54. The van der Waals surface area contributed by atoms with E-state index >= 15 is 0 Å². The first-order chi connectivity index (χ1) is 11.0. The molecule has 0 bridgehead atoms. The second kappa shape index (κ2) is 4.33. The molecule has 1 aliphatic carbocycles. The number of nitriles is 2. The number of ether oxygens (including phenoxy) is 2. The van der Waals surface area contributed by atoms with Crippen molar-refractivity contribution in [2.75, 3.05) is 6.61 Å². The average molecular weight is 374 g/mol. The van der Waals surface area contributed by atoms with Crippen LogP contribution >= 0.6 is 15.9 Å². The standard InChI is InChI=1S/C16H13BrN4O2/c1-9-6-22-16(23-9)15(8-19)12(10-3-2-4-11(17)5-10)14(15,7-18)13(20)21-16/h2-5,9,12H,6H2,1H3,(H2,20,21)/p+1/t9-,12-,14-,15-,16-/m1/s1. The van der Waals surface area contributed by atoms with E-state index in [1.165, 1.54) is 0 Å². The number of nitrogens with zero attached hydrogens (tertiary/aromatic N) is 2. The Balaban J connectivity index is 1.93. The lowest BCUT2D eigenvalue weighted by atomic mass is 9.94. The minimum atomic E-state index is -1.37. The van der Waals surface area contributed by atoms with E-state index in [0.29, 0.717) is 6.61 Å². The Hall–Kier alpha value is -1.93. The van der Waals surface area contributed by atoms with Crippen LogP contribution in [0.4, 0.5) is 0 Å². The van der Waals surface area contributed by atoms with Gasteiger partial charge in [-0.2, -0.15) is 10.5 Å². The van der Waals surface area contributed by atoms with Crippen molar-refractivity contribution in [2.24, 2.45) is 16.6 Å². The molecule has 4 rings (SSSR count). The molecular weight excluding hydrogens is 360 g/mol. The minimum Gasteiger partial charge on any atom is -0.311 e. The van der Waals surface area contributed by atoms with Crippen molar-refractivity contribution in [3.8, 4) is 12.1 Å². The van der Waals surface area contributed by atoms with Gasteiger partial charge in [0.15, 0.2) is 10.8 Å². The third kappa shape index (κ3) is 1.41. The largest absolute Gasteiger partial charge is 0.343 e. The van der Waals surface area contributed by atoms with Crippen LogP contribution in [-0.4, -0.2) is 24.5 Å². The summed E-state index contributed by atoms with van der Waals surface area (Å²) in [6.07, 6.45) is -0.182. The van der Waals surface area contributed by atoms with Gasteiger partial charge in [-0.05, 0) is 24.6 Å². The molecule has 5 atom stereocenters. The molecule has 1 saturated heterocycles. The van der Waals surface area contributed by atoms with Crippen molar-refractivity contribution < 1.29 is 14.5 Å². The Kier molecular flexibility index (Phi) is 2.76. The number of nitrogens with two attached hydrogens (primary N) is 1. The smallest absolute Gasteiger partial charge is 0.311 e. The van der Waals surface area contributed by atoms with Crippen molar-refractivity contribution >= 4 is 21.8 Å². The summed E-state index contributed by atoms with van der Waals surface area (Å²) < 4.78 is 12.6. The molecule has 3 N–H and O–H groups in total. The molecule has 2 fully saturated rings. The first-order valence-electron chi connectivity index (χ1n) is 7.28. The molecule has 23 heavy (non-hydrogen) atoms. The summed E-state index contributed by atoms with van der Waals surface area (Å²) in [4.78, 5) is 2.95. The predicted molar refractivity (Wildman–Crippen MR) is 82.4 cm³/mol. The Morgan fingerprint density at radius 1 is 1.39 bits per heavy atom. The fraction of sp³-hybridized carbons (Fsp3) is 0.438. The first-order valence-corrected chi connectivity index (χ1v) is 8.07. The predicted octanol–water partition coefficient (Wildman–Crippen LogP) is 0.107. The summed E-state index contributed by atoms with van der Waals surface area (Å²) in [6, 6.07) is 12.1. The lowest BCUT2D eigenvalue weighted by Gasteiger charge is -2.24. The molecule has 3 aliphatic rings. The molecule has 1 aromatic carbocycles. The molecule has 1 aromatic rings. The van der Waals surface area contributed by atoms with E-state index in [2.05, 4.69) is 33.1 Å². The minimum absolute atomic E-state index is 0.182. The number of halogens is 1. The number of fused-ring (bicyclic) bond motifs is 2. The van der Waals surface area contributed by atoms with Gasteiger partial charge >= 0.3 is 5.91 Å². The van der Waals surface area contributed by atoms with Gasteiger partial charge in [0.25, 0.3) is 5.84 Å². The van der Waals surface area contributed by atoms with Crippen LogP contribution < -0.4 is 10.7 Å². The topological polar surface area (TPSA) is 106 Å². The van der Waals surface area contributed by atoms with Gasteiger partial charge in [0.1, 0.15) is 0 Å². The van der Waals surface area contributed by atoms with Gasteiger partial charge in [-0.3, -0.25) is 5.73 Å². The van der Waals surface area contributed by atoms with E-state index in [4.69, 9.17) is 15.2 Å². The molecule has 1 spiro atoms. The number of hydrogen-bond acceptors (Lipinski definition) is 5. The normalized spacial score (nSPS) is 43.6. The Morgan fingerprint density at radius 2 is 2.17 bits per heavy atom. The van der Waals surface area contributed by atoms with E-state index in [1.807, 2.05) is 31.2 Å². The molecule has 0 radical (unpaired) electrons. The van der Waals surface area contributed by atoms with Crippen molar-refractivity contribution in [1.29, 1.82) is 10.5 Å². The monoisotopic (exact) mass is 373 g/mol. The van der Waals surface area contributed by atoms with E-state index in [-0.39, 0.29) is 11.9 Å². The van der Waals surface area contributed by atoms with Crippen molar-refractivity contribution in [3.05, 3.63) is 34.3 Å².